The van der Waals surface area contributed by atoms with E-state index in [9.17, 15) is 18.3 Å². The number of sulfonamides is 1. The second kappa shape index (κ2) is 8.42. The molecule has 5 aliphatic rings. The Morgan fingerprint density at radius 3 is 2.32 bits per heavy atom. The lowest BCUT2D eigenvalue weighted by atomic mass is 9.87. The minimum absolute atomic E-state index is 0.185. The maximum absolute atomic E-state index is 14.0. The molecule has 2 N–H and O–H groups in total. The van der Waals surface area contributed by atoms with Crippen molar-refractivity contribution in [3.05, 3.63) is 29.3 Å². The zero-order valence-corrected chi connectivity index (χ0v) is 20.7. The molecule has 5 atom stereocenters. The van der Waals surface area contributed by atoms with E-state index in [4.69, 9.17) is 16.3 Å². The molecular formula is C24H32ClN3O5S. The zero-order chi connectivity index (χ0) is 23.7. The van der Waals surface area contributed by atoms with E-state index >= 15 is 0 Å². The maximum atomic E-state index is 14.0. The number of piperazine rings is 1. The number of aliphatic hydroxyl groups excluding tert-OH is 1. The Kier molecular flexibility index (Phi) is 5.74. The zero-order valence-electron chi connectivity index (χ0n) is 19.1. The Balaban J connectivity index is 1.31. The fourth-order valence-corrected chi connectivity index (χ4v) is 8.37. The lowest BCUT2D eigenvalue weighted by Gasteiger charge is -2.46. The molecule has 0 aromatic heterocycles. The number of amides is 1. The van der Waals surface area contributed by atoms with Crippen LogP contribution in [0.15, 0.2) is 29.2 Å². The Morgan fingerprint density at radius 1 is 1.09 bits per heavy atom. The van der Waals surface area contributed by atoms with Gasteiger partial charge >= 0.3 is 0 Å². The van der Waals surface area contributed by atoms with Crippen molar-refractivity contribution in [2.75, 3.05) is 26.3 Å². The van der Waals surface area contributed by atoms with Gasteiger partial charge in [0.2, 0.25) is 10.0 Å². The highest BCUT2D eigenvalue weighted by Gasteiger charge is 2.64. The summed E-state index contributed by atoms with van der Waals surface area (Å²) >= 11 is 6.01. The quantitative estimate of drug-likeness (QED) is 0.604. The highest BCUT2D eigenvalue weighted by Crippen LogP contribution is 2.57. The summed E-state index contributed by atoms with van der Waals surface area (Å²) in [5, 5.41) is 15.4. The molecule has 8 nitrogen and oxygen atoms in total. The molecule has 3 heterocycles. The van der Waals surface area contributed by atoms with Gasteiger partial charge in [-0.15, -0.1) is 0 Å². The van der Waals surface area contributed by atoms with Crippen molar-refractivity contribution in [1.82, 2.24) is 14.5 Å². The second-order valence-electron chi connectivity index (χ2n) is 10.8. The summed E-state index contributed by atoms with van der Waals surface area (Å²) in [6.07, 6.45) is 3.99. The van der Waals surface area contributed by atoms with Crippen molar-refractivity contribution in [2.24, 2.45) is 11.3 Å². The van der Waals surface area contributed by atoms with Gasteiger partial charge in [0.15, 0.2) is 0 Å². The standard InChI is InChI=1S/C24H32ClN3O5S/c25-16-3-7-19(8-4-16)34(31,32)28-20(15-1-2-15)13-33-14-21(28)24(9-10-24)22(29)23(30)27-11-17-5-6-18(12-27)26-17/h3-4,7-8,15,17-18,20-22,26,29H,1-2,5-6,9-14H2/t17?,18?,20-,21+,22?/m0/s1. The van der Waals surface area contributed by atoms with Crippen LogP contribution in [0.4, 0.5) is 0 Å². The molecule has 10 heteroatoms. The first-order valence-electron chi connectivity index (χ1n) is 12.4. The van der Waals surface area contributed by atoms with Crippen LogP contribution in [0, 0.1) is 11.3 Å². The summed E-state index contributed by atoms with van der Waals surface area (Å²) in [7, 11) is -3.87. The number of carbonyl (C=O) groups is 1. The molecule has 2 bridgehead atoms. The van der Waals surface area contributed by atoms with Gasteiger partial charge in [-0.3, -0.25) is 4.79 Å². The molecule has 0 radical (unpaired) electrons. The van der Waals surface area contributed by atoms with Crippen LogP contribution in [0.1, 0.15) is 38.5 Å². The number of carbonyl (C=O) groups excluding carboxylic acids is 1. The first-order chi connectivity index (χ1) is 16.3. The van der Waals surface area contributed by atoms with E-state index in [0.29, 0.717) is 37.6 Å². The van der Waals surface area contributed by atoms with E-state index in [0.717, 1.165) is 25.7 Å². The van der Waals surface area contributed by atoms with Crippen LogP contribution in [0.3, 0.4) is 0 Å². The van der Waals surface area contributed by atoms with Gasteiger partial charge in [-0.25, -0.2) is 8.42 Å². The van der Waals surface area contributed by atoms with Crippen molar-refractivity contribution >= 4 is 27.5 Å². The summed E-state index contributed by atoms with van der Waals surface area (Å²) in [6, 6.07) is 5.94. The van der Waals surface area contributed by atoms with Gasteiger partial charge in [-0.2, -0.15) is 4.31 Å². The third kappa shape index (κ3) is 3.89. The van der Waals surface area contributed by atoms with Crippen molar-refractivity contribution < 1.29 is 23.1 Å². The molecule has 186 valence electrons. The molecule has 1 amide bonds. The number of nitrogens with zero attached hydrogens (tertiary/aromatic N) is 2. The summed E-state index contributed by atoms with van der Waals surface area (Å²) in [6.45, 7) is 1.73. The van der Waals surface area contributed by atoms with Gasteiger partial charge in [0.1, 0.15) is 6.10 Å². The molecule has 1 aromatic rings. The summed E-state index contributed by atoms with van der Waals surface area (Å²) in [5.41, 5.74) is -0.811. The van der Waals surface area contributed by atoms with E-state index < -0.39 is 27.6 Å². The second-order valence-corrected chi connectivity index (χ2v) is 13.0. The summed E-state index contributed by atoms with van der Waals surface area (Å²) in [5.74, 6) is -0.0226. The van der Waals surface area contributed by atoms with Crippen LogP contribution in [-0.4, -0.2) is 85.2 Å². The number of rotatable bonds is 6. The van der Waals surface area contributed by atoms with Gasteiger partial charge in [0, 0.05) is 35.6 Å². The molecule has 1 aromatic carbocycles. The van der Waals surface area contributed by atoms with E-state index in [1.54, 1.807) is 21.3 Å². The number of aliphatic hydroxyl groups is 1. The number of halogens is 1. The molecule has 2 aliphatic carbocycles. The van der Waals surface area contributed by atoms with Crippen molar-refractivity contribution in [2.45, 2.75) is 73.7 Å². The van der Waals surface area contributed by atoms with E-state index in [2.05, 4.69) is 5.32 Å². The predicted octanol–water partition coefficient (Wildman–Crippen LogP) is 1.61. The SMILES string of the molecule is O=C(C(O)C1([C@H]2COC[C@@H](C3CC3)N2S(=O)(=O)c2ccc(Cl)cc2)CC1)N1CC2CCC(C1)N2. The van der Waals surface area contributed by atoms with Crippen molar-refractivity contribution in [1.29, 1.82) is 0 Å². The lowest BCUT2D eigenvalue weighted by Crippen LogP contribution is -2.63. The molecule has 3 aliphatic heterocycles. The number of benzene rings is 1. The van der Waals surface area contributed by atoms with Gasteiger partial charge in [0.25, 0.3) is 5.91 Å². The molecule has 34 heavy (non-hydrogen) atoms. The number of nitrogens with one attached hydrogen (secondary N) is 1. The Morgan fingerprint density at radius 2 is 1.74 bits per heavy atom. The molecular weight excluding hydrogens is 478 g/mol. The fourth-order valence-electron chi connectivity index (χ4n) is 6.33. The normalized spacial score (nSPS) is 34.1. The number of fused-ring (bicyclic) bond motifs is 2. The molecule has 5 fully saturated rings. The monoisotopic (exact) mass is 509 g/mol. The highest BCUT2D eigenvalue weighted by molar-refractivity contribution is 7.89. The predicted molar refractivity (Wildman–Crippen MR) is 126 cm³/mol. The minimum Gasteiger partial charge on any atom is -0.383 e. The van der Waals surface area contributed by atoms with Gasteiger partial charge in [-0.1, -0.05) is 11.6 Å². The van der Waals surface area contributed by atoms with Crippen LogP contribution in [0.2, 0.25) is 5.02 Å². The Labute approximate surface area is 205 Å². The Bertz CT molecular complexity index is 1050. The first-order valence-corrected chi connectivity index (χ1v) is 14.2. The van der Waals surface area contributed by atoms with Gasteiger partial charge < -0.3 is 20.1 Å². The largest absolute Gasteiger partial charge is 0.383 e. The van der Waals surface area contributed by atoms with E-state index in [1.165, 1.54) is 12.1 Å². The van der Waals surface area contributed by atoms with Gasteiger partial charge in [0.05, 0.1) is 30.2 Å². The number of hydrogen-bond donors (Lipinski definition) is 2. The van der Waals surface area contributed by atoms with Crippen LogP contribution in [0.25, 0.3) is 0 Å². The highest BCUT2D eigenvalue weighted by atomic mass is 35.5. The Hall–Kier alpha value is -1.23. The molecule has 0 spiro atoms. The van der Waals surface area contributed by atoms with Crippen LogP contribution in [0.5, 0.6) is 0 Å². The molecule has 2 saturated carbocycles. The maximum Gasteiger partial charge on any atom is 0.252 e. The van der Waals surface area contributed by atoms with Gasteiger partial charge in [-0.05, 0) is 68.7 Å². The number of morpholine rings is 1. The van der Waals surface area contributed by atoms with Crippen LogP contribution < -0.4 is 5.32 Å². The summed E-state index contributed by atoms with van der Waals surface area (Å²) in [4.78, 5) is 15.4. The number of likely N-dealkylation sites (tertiary alicyclic amines) is 1. The van der Waals surface area contributed by atoms with Crippen molar-refractivity contribution in [3.63, 3.8) is 0 Å². The van der Waals surface area contributed by atoms with E-state index in [-0.39, 0.29) is 41.5 Å². The third-order valence-electron chi connectivity index (χ3n) is 8.55. The first kappa shape index (κ1) is 23.2. The topological polar surface area (TPSA) is 99.2 Å². The molecule has 6 rings (SSSR count). The third-order valence-corrected chi connectivity index (χ3v) is 10.8. The fraction of sp³-hybridized carbons (Fsp3) is 0.708. The number of ether oxygens (including phenoxy) is 1. The summed E-state index contributed by atoms with van der Waals surface area (Å²) < 4.78 is 35.5. The van der Waals surface area contributed by atoms with Crippen LogP contribution in [-0.2, 0) is 19.6 Å². The molecule has 3 unspecified atom stereocenters. The smallest absolute Gasteiger partial charge is 0.252 e. The average molecular weight is 510 g/mol. The van der Waals surface area contributed by atoms with Crippen molar-refractivity contribution in [3.8, 4) is 0 Å². The molecule has 3 saturated heterocycles. The minimum atomic E-state index is -3.87. The van der Waals surface area contributed by atoms with E-state index in [1.807, 2.05) is 0 Å². The average Bonchev–Trinajstić information content (AvgIpc) is 3.76. The lowest BCUT2D eigenvalue weighted by molar-refractivity contribution is -0.150. The van der Waals surface area contributed by atoms with Crippen LogP contribution >= 0.6 is 11.6 Å². The number of hydrogen-bond acceptors (Lipinski definition) is 6.